The largest absolute Gasteiger partial charge is 1.00 e. The monoisotopic (exact) mass is 388 g/mol. The fraction of sp³-hybridized carbons (Fsp3) is 0.333. The van der Waals surface area contributed by atoms with Crippen LogP contribution in [-0.2, 0) is 16.5 Å². The first kappa shape index (κ1) is 22.6. The van der Waals surface area contributed by atoms with Gasteiger partial charge >= 0.3 is 51.4 Å². The van der Waals surface area contributed by atoms with E-state index in [1.807, 2.05) is 12.1 Å². The number of hydrogen-bond donors (Lipinski definition) is 1. The van der Waals surface area contributed by atoms with Crippen LogP contribution in [0.1, 0.15) is 38.2 Å². The van der Waals surface area contributed by atoms with Crippen molar-refractivity contribution in [2.75, 3.05) is 0 Å². The van der Waals surface area contributed by atoms with Gasteiger partial charge in [-0.05, 0) is 36.6 Å². The molecule has 0 aromatic heterocycles. The van der Waals surface area contributed by atoms with Crippen LogP contribution in [-0.4, -0.2) is 13.0 Å². The maximum absolute atomic E-state index is 11.5. The van der Waals surface area contributed by atoms with Crippen LogP contribution in [0, 0.1) is 0 Å². The average molecular weight is 389 g/mol. The molecule has 0 aliphatic heterocycles. The van der Waals surface area contributed by atoms with Gasteiger partial charge < -0.3 is 9.84 Å². The molecule has 7 heteroatoms. The minimum Gasteiger partial charge on any atom is -0.872 e. The van der Waals surface area contributed by atoms with Gasteiger partial charge in [-0.3, -0.25) is 4.55 Å². The molecular formula is C18H21KO5S. The van der Waals surface area contributed by atoms with E-state index in [4.69, 9.17) is 4.74 Å². The molecule has 2 aromatic rings. The van der Waals surface area contributed by atoms with Gasteiger partial charge in [-0.1, -0.05) is 50.5 Å². The zero-order valence-electron chi connectivity index (χ0n) is 14.6. The van der Waals surface area contributed by atoms with Crippen LogP contribution in [0.2, 0.25) is 0 Å². The summed E-state index contributed by atoms with van der Waals surface area (Å²) in [5, 5.41) is 11.4. The van der Waals surface area contributed by atoms with E-state index in [-0.39, 0.29) is 57.1 Å². The standard InChI is InChI=1S/C18H22O5S.K/c1-2-3-4-5-8-14-9-6-7-10-16(14)23-17-12-11-15(19)13-18(17)24(20,21)22;/h6-7,9-13,19H,2-5,8H2,1H3,(H,20,21,22);/q;+1/p-1. The van der Waals surface area contributed by atoms with Crippen molar-refractivity contribution < 1.29 is 74.2 Å². The number of ether oxygens (including phenoxy) is 1. The second kappa shape index (κ2) is 10.7. The van der Waals surface area contributed by atoms with Gasteiger partial charge in [0.15, 0.2) is 0 Å². The van der Waals surface area contributed by atoms with E-state index in [1.165, 1.54) is 18.6 Å². The predicted molar refractivity (Wildman–Crippen MR) is 90.1 cm³/mol. The average Bonchev–Trinajstić information content (AvgIpc) is 2.53. The summed E-state index contributed by atoms with van der Waals surface area (Å²) in [7, 11) is -4.54. The molecule has 25 heavy (non-hydrogen) atoms. The first-order valence-corrected chi connectivity index (χ1v) is 9.40. The van der Waals surface area contributed by atoms with Gasteiger partial charge in [0, 0.05) is 0 Å². The predicted octanol–water partition coefficient (Wildman–Crippen LogP) is 0.926. The van der Waals surface area contributed by atoms with Gasteiger partial charge in [0.1, 0.15) is 16.4 Å². The van der Waals surface area contributed by atoms with Gasteiger partial charge in [0.25, 0.3) is 10.1 Å². The van der Waals surface area contributed by atoms with E-state index in [0.717, 1.165) is 37.3 Å². The summed E-state index contributed by atoms with van der Waals surface area (Å²) in [6.07, 6.45) is 5.26. The van der Waals surface area contributed by atoms with Crippen molar-refractivity contribution in [1.82, 2.24) is 0 Å². The quantitative estimate of drug-likeness (QED) is 0.413. The van der Waals surface area contributed by atoms with Crippen molar-refractivity contribution in [3.05, 3.63) is 48.0 Å². The Kier molecular flexibility index (Phi) is 9.65. The molecule has 0 spiro atoms. The minimum atomic E-state index is -4.54. The number of benzene rings is 2. The molecule has 0 bridgehead atoms. The molecule has 0 aliphatic carbocycles. The Morgan fingerprint density at radius 2 is 1.76 bits per heavy atom. The Labute approximate surface area is 191 Å². The zero-order valence-corrected chi connectivity index (χ0v) is 18.5. The molecule has 2 rings (SSSR count). The Bertz CT molecular complexity index is 790. The van der Waals surface area contributed by atoms with Crippen molar-refractivity contribution in [2.45, 2.75) is 43.9 Å². The molecule has 0 aliphatic rings. The molecule has 0 atom stereocenters. The summed E-state index contributed by atoms with van der Waals surface area (Å²) in [6.45, 7) is 2.15. The van der Waals surface area contributed by atoms with Crippen molar-refractivity contribution in [2.24, 2.45) is 0 Å². The molecule has 0 fully saturated rings. The number of hydrogen-bond acceptors (Lipinski definition) is 4. The number of para-hydroxylation sites is 1. The van der Waals surface area contributed by atoms with Crippen molar-refractivity contribution in [3.8, 4) is 17.2 Å². The number of unbranched alkanes of at least 4 members (excludes halogenated alkanes) is 3. The van der Waals surface area contributed by atoms with Crippen molar-refractivity contribution in [3.63, 3.8) is 0 Å². The second-order valence-electron chi connectivity index (χ2n) is 5.60. The number of aryl methyl sites for hydroxylation is 1. The van der Waals surface area contributed by atoms with E-state index >= 15 is 0 Å². The van der Waals surface area contributed by atoms with Crippen LogP contribution in [0.25, 0.3) is 0 Å². The summed E-state index contributed by atoms with van der Waals surface area (Å²) in [6, 6.07) is 10.7. The summed E-state index contributed by atoms with van der Waals surface area (Å²) < 4.78 is 37.9. The van der Waals surface area contributed by atoms with Gasteiger partial charge in [0.2, 0.25) is 0 Å². The smallest absolute Gasteiger partial charge is 0.872 e. The molecule has 0 saturated heterocycles. The molecular weight excluding hydrogens is 367 g/mol. The maximum atomic E-state index is 11.5. The molecule has 5 nitrogen and oxygen atoms in total. The minimum absolute atomic E-state index is 0. The molecule has 0 heterocycles. The summed E-state index contributed by atoms with van der Waals surface area (Å²) in [5.41, 5.74) is 0.959. The SMILES string of the molecule is CCCCCCc1ccccc1Oc1ccc([O-])cc1S(=O)(=O)O.[K+]. The first-order chi connectivity index (χ1) is 11.4. The van der Waals surface area contributed by atoms with E-state index in [0.29, 0.717) is 5.75 Å². The summed E-state index contributed by atoms with van der Waals surface area (Å²) in [5.74, 6) is -0.0431. The fourth-order valence-electron chi connectivity index (χ4n) is 2.44. The third-order valence-electron chi connectivity index (χ3n) is 3.69. The Balaban J connectivity index is 0.00000312. The van der Waals surface area contributed by atoms with E-state index in [9.17, 15) is 18.1 Å². The van der Waals surface area contributed by atoms with Crippen LogP contribution in [0.4, 0.5) is 0 Å². The summed E-state index contributed by atoms with van der Waals surface area (Å²) >= 11 is 0. The molecule has 0 amide bonds. The van der Waals surface area contributed by atoms with Gasteiger partial charge in [-0.15, -0.1) is 5.75 Å². The van der Waals surface area contributed by atoms with E-state index < -0.39 is 20.8 Å². The fourth-order valence-corrected chi connectivity index (χ4v) is 3.07. The summed E-state index contributed by atoms with van der Waals surface area (Å²) in [4.78, 5) is -0.518. The van der Waals surface area contributed by atoms with Crippen molar-refractivity contribution >= 4 is 10.1 Å². The Morgan fingerprint density at radius 1 is 1.04 bits per heavy atom. The van der Waals surface area contributed by atoms with Gasteiger partial charge in [0.05, 0.1) is 0 Å². The van der Waals surface area contributed by atoms with Gasteiger partial charge in [-0.2, -0.15) is 8.42 Å². The molecule has 0 unspecified atom stereocenters. The van der Waals surface area contributed by atoms with Crippen LogP contribution in [0.15, 0.2) is 47.4 Å². The Hall–Kier alpha value is -0.414. The normalized spacial score (nSPS) is 11.0. The van der Waals surface area contributed by atoms with Crippen LogP contribution in [0.5, 0.6) is 17.2 Å². The van der Waals surface area contributed by atoms with Crippen LogP contribution >= 0.6 is 0 Å². The van der Waals surface area contributed by atoms with Crippen molar-refractivity contribution in [1.29, 1.82) is 0 Å². The molecule has 2 aromatic carbocycles. The molecule has 0 radical (unpaired) electrons. The Morgan fingerprint density at radius 3 is 2.44 bits per heavy atom. The topological polar surface area (TPSA) is 86.7 Å². The third kappa shape index (κ3) is 7.01. The van der Waals surface area contributed by atoms with Gasteiger partial charge in [-0.25, -0.2) is 0 Å². The molecule has 130 valence electrons. The molecule has 0 saturated carbocycles. The first-order valence-electron chi connectivity index (χ1n) is 7.96. The zero-order chi connectivity index (χ0) is 17.6. The third-order valence-corrected chi connectivity index (χ3v) is 4.56. The van der Waals surface area contributed by atoms with E-state index in [1.54, 1.807) is 12.1 Å². The van der Waals surface area contributed by atoms with E-state index in [2.05, 4.69) is 6.92 Å². The maximum Gasteiger partial charge on any atom is 1.00 e. The molecule has 1 N–H and O–H groups in total. The van der Waals surface area contributed by atoms with Crippen LogP contribution in [0.3, 0.4) is 0 Å². The second-order valence-corrected chi connectivity index (χ2v) is 6.99. The van der Waals surface area contributed by atoms with Crippen LogP contribution < -0.4 is 61.2 Å². The number of rotatable bonds is 8.